The van der Waals surface area contributed by atoms with E-state index in [0.717, 1.165) is 12.5 Å². The SMILES string of the molecule is C=CC(=O)NC(C)O[Si](C)(CCC)OCC. The van der Waals surface area contributed by atoms with Crippen molar-refractivity contribution in [3.8, 4) is 0 Å². The van der Waals surface area contributed by atoms with Gasteiger partial charge in [0, 0.05) is 6.61 Å². The molecule has 0 aliphatic heterocycles. The summed E-state index contributed by atoms with van der Waals surface area (Å²) in [6, 6.07) is 0.926. The highest BCUT2D eigenvalue weighted by atomic mass is 28.4. The monoisotopic (exact) mass is 245 g/mol. The largest absolute Gasteiger partial charge is 0.395 e. The van der Waals surface area contributed by atoms with Gasteiger partial charge < -0.3 is 14.2 Å². The molecule has 94 valence electrons. The van der Waals surface area contributed by atoms with Gasteiger partial charge in [-0.15, -0.1) is 0 Å². The maximum atomic E-state index is 11.1. The Labute approximate surface area is 99.3 Å². The van der Waals surface area contributed by atoms with Crippen molar-refractivity contribution in [2.24, 2.45) is 0 Å². The van der Waals surface area contributed by atoms with Crippen LogP contribution < -0.4 is 5.32 Å². The van der Waals surface area contributed by atoms with Gasteiger partial charge >= 0.3 is 8.56 Å². The maximum Gasteiger partial charge on any atom is 0.336 e. The van der Waals surface area contributed by atoms with Crippen molar-refractivity contribution in [3.05, 3.63) is 12.7 Å². The van der Waals surface area contributed by atoms with Crippen molar-refractivity contribution in [3.63, 3.8) is 0 Å². The third-order valence-corrected chi connectivity index (χ3v) is 5.27. The lowest BCUT2D eigenvalue weighted by molar-refractivity contribution is -0.118. The van der Waals surface area contributed by atoms with Crippen LogP contribution in [0.4, 0.5) is 0 Å². The predicted octanol–water partition coefficient (Wildman–Crippen LogP) is 2.17. The molecule has 0 fully saturated rings. The average molecular weight is 245 g/mol. The Hall–Kier alpha value is -0.653. The number of carbonyl (C=O) groups excluding carboxylic acids is 1. The predicted molar refractivity (Wildman–Crippen MR) is 67.2 cm³/mol. The number of hydrogen-bond acceptors (Lipinski definition) is 3. The topological polar surface area (TPSA) is 47.6 Å². The molecule has 2 atom stereocenters. The van der Waals surface area contributed by atoms with Gasteiger partial charge in [-0.3, -0.25) is 4.79 Å². The van der Waals surface area contributed by atoms with Gasteiger partial charge in [-0.25, -0.2) is 0 Å². The molecule has 0 aliphatic carbocycles. The highest BCUT2D eigenvalue weighted by molar-refractivity contribution is 6.66. The Morgan fingerprint density at radius 2 is 2.19 bits per heavy atom. The molecule has 0 rings (SSSR count). The zero-order valence-corrected chi connectivity index (χ0v) is 11.7. The Kier molecular flexibility index (Phi) is 7.28. The molecule has 5 heteroatoms. The quantitative estimate of drug-likeness (QED) is 0.405. The molecule has 16 heavy (non-hydrogen) atoms. The summed E-state index contributed by atoms with van der Waals surface area (Å²) in [5.74, 6) is -0.225. The summed E-state index contributed by atoms with van der Waals surface area (Å²) in [6.07, 6.45) is 1.92. The molecule has 2 unspecified atom stereocenters. The highest BCUT2D eigenvalue weighted by Crippen LogP contribution is 2.17. The van der Waals surface area contributed by atoms with Gasteiger partial charge in [-0.1, -0.05) is 19.9 Å². The Morgan fingerprint density at radius 1 is 1.56 bits per heavy atom. The maximum absolute atomic E-state index is 11.1. The molecule has 4 nitrogen and oxygen atoms in total. The fraction of sp³-hybridized carbons (Fsp3) is 0.727. The third-order valence-electron chi connectivity index (χ3n) is 2.11. The lowest BCUT2D eigenvalue weighted by atomic mass is 10.5. The minimum absolute atomic E-state index is 0.225. The van der Waals surface area contributed by atoms with Gasteiger partial charge in [-0.2, -0.15) is 0 Å². The average Bonchev–Trinajstić information content (AvgIpc) is 2.17. The van der Waals surface area contributed by atoms with Crippen LogP contribution in [0.5, 0.6) is 0 Å². The van der Waals surface area contributed by atoms with E-state index in [1.165, 1.54) is 6.08 Å². The number of rotatable bonds is 8. The zero-order chi connectivity index (χ0) is 12.6. The molecule has 0 aliphatic rings. The first-order chi connectivity index (χ1) is 7.47. The van der Waals surface area contributed by atoms with E-state index >= 15 is 0 Å². The number of carbonyl (C=O) groups is 1. The summed E-state index contributed by atoms with van der Waals surface area (Å²) in [6.45, 7) is 11.9. The first-order valence-electron chi connectivity index (χ1n) is 5.72. The summed E-state index contributed by atoms with van der Waals surface area (Å²) < 4.78 is 11.5. The van der Waals surface area contributed by atoms with Gasteiger partial charge in [0.25, 0.3) is 0 Å². The van der Waals surface area contributed by atoms with E-state index in [1.54, 1.807) is 6.92 Å². The van der Waals surface area contributed by atoms with Crippen molar-refractivity contribution in [1.82, 2.24) is 5.32 Å². The van der Waals surface area contributed by atoms with E-state index < -0.39 is 8.56 Å². The van der Waals surface area contributed by atoms with Crippen LogP contribution in [-0.4, -0.2) is 27.3 Å². The minimum atomic E-state index is -2.14. The van der Waals surface area contributed by atoms with Gasteiger partial charge in [0.2, 0.25) is 5.91 Å². The van der Waals surface area contributed by atoms with Crippen LogP contribution in [-0.2, 0) is 13.6 Å². The Balaban J connectivity index is 4.26. The minimum Gasteiger partial charge on any atom is -0.395 e. The third kappa shape index (κ3) is 6.04. The Morgan fingerprint density at radius 3 is 2.62 bits per heavy atom. The molecule has 0 saturated heterocycles. The molecular formula is C11H23NO3Si. The lowest BCUT2D eigenvalue weighted by Gasteiger charge is -2.29. The fourth-order valence-electron chi connectivity index (χ4n) is 1.59. The number of hydrogen-bond donors (Lipinski definition) is 1. The molecule has 0 aromatic heterocycles. The first-order valence-corrected chi connectivity index (χ1v) is 8.24. The summed E-state index contributed by atoms with van der Waals surface area (Å²) in [7, 11) is -2.14. The van der Waals surface area contributed by atoms with Crippen LogP contribution in [0.2, 0.25) is 12.6 Å². The summed E-state index contributed by atoms with van der Waals surface area (Å²) >= 11 is 0. The molecule has 1 amide bonds. The van der Waals surface area contributed by atoms with E-state index in [9.17, 15) is 4.79 Å². The molecule has 0 heterocycles. The summed E-state index contributed by atoms with van der Waals surface area (Å²) in [5.41, 5.74) is 0. The zero-order valence-electron chi connectivity index (χ0n) is 10.7. The van der Waals surface area contributed by atoms with E-state index in [2.05, 4.69) is 18.8 Å². The highest BCUT2D eigenvalue weighted by Gasteiger charge is 2.32. The smallest absolute Gasteiger partial charge is 0.336 e. The second-order valence-electron chi connectivity index (χ2n) is 3.79. The lowest BCUT2D eigenvalue weighted by Crippen LogP contribution is -2.46. The number of nitrogens with one attached hydrogen (secondary N) is 1. The molecular weight excluding hydrogens is 222 g/mol. The van der Waals surface area contributed by atoms with Crippen molar-refractivity contribution in [2.75, 3.05) is 6.61 Å². The molecule has 0 aromatic rings. The van der Waals surface area contributed by atoms with Gasteiger partial charge in [0.1, 0.15) is 6.23 Å². The van der Waals surface area contributed by atoms with E-state index in [-0.39, 0.29) is 12.1 Å². The molecule has 1 N–H and O–H groups in total. The van der Waals surface area contributed by atoms with Crippen molar-refractivity contribution in [1.29, 1.82) is 0 Å². The molecule has 0 aromatic carbocycles. The van der Waals surface area contributed by atoms with Gasteiger partial charge in [0.15, 0.2) is 0 Å². The van der Waals surface area contributed by atoms with Crippen molar-refractivity contribution < 1.29 is 13.6 Å². The van der Waals surface area contributed by atoms with Gasteiger partial charge in [-0.05, 0) is 32.5 Å². The molecule has 0 bridgehead atoms. The Bertz CT molecular complexity index is 227. The van der Waals surface area contributed by atoms with Crippen molar-refractivity contribution in [2.45, 2.75) is 46.0 Å². The van der Waals surface area contributed by atoms with Crippen LogP contribution in [0, 0.1) is 0 Å². The first kappa shape index (κ1) is 15.3. The van der Waals surface area contributed by atoms with Crippen LogP contribution >= 0.6 is 0 Å². The van der Waals surface area contributed by atoms with Gasteiger partial charge in [0.05, 0.1) is 0 Å². The van der Waals surface area contributed by atoms with E-state index in [4.69, 9.17) is 8.85 Å². The standard InChI is InChI=1S/C11H23NO3Si/c1-6-9-16(5,14-8-3)15-10(4)12-11(13)7-2/h7,10H,2,6,8-9H2,1,3-5H3,(H,12,13). The van der Waals surface area contributed by atoms with Crippen LogP contribution in [0.3, 0.4) is 0 Å². The van der Waals surface area contributed by atoms with Crippen LogP contribution in [0.1, 0.15) is 27.2 Å². The summed E-state index contributed by atoms with van der Waals surface area (Å²) in [5, 5.41) is 2.68. The van der Waals surface area contributed by atoms with E-state index in [1.807, 2.05) is 13.5 Å². The molecule has 0 spiro atoms. The normalized spacial score (nSPS) is 16.2. The van der Waals surface area contributed by atoms with Crippen molar-refractivity contribution >= 4 is 14.5 Å². The van der Waals surface area contributed by atoms with Crippen LogP contribution in [0.25, 0.3) is 0 Å². The second kappa shape index (κ2) is 7.59. The van der Waals surface area contributed by atoms with E-state index in [0.29, 0.717) is 6.61 Å². The molecule has 0 saturated carbocycles. The number of amides is 1. The van der Waals surface area contributed by atoms with Crippen LogP contribution in [0.15, 0.2) is 12.7 Å². The fourth-order valence-corrected chi connectivity index (χ4v) is 4.24. The summed E-state index contributed by atoms with van der Waals surface area (Å²) in [4.78, 5) is 11.1. The second-order valence-corrected chi connectivity index (χ2v) is 7.08. The molecule has 0 radical (unpaired) electrons.